The highest BCUT2D eigenvalue weighted by Gasteiger charge is 2.40. The summed E-state index contributed by atoms with van der Waals surface area (Å²) < 4.78 is 29.7. The van der Waals surface area contributed by atoms with Gasteiger partial charge in [-0.15, -0.1) is 0 Å². The van der Waals surface area contributed by atoms with Gasteiger partial charge in [-0.2, -0.15) is 10.4 Å². The van der Waals surface area contributed by atoms with Crippen LogP contribution in [0.1, 0.15) is 30.9 Å². The second-order valence-corrected chi connectivity index (χ2v) is 8.45. The first-order valence-corrected chi connectivity index (χ1v) is 10.9. The first kappa shape index (κ1) is 22.8. The van der Waals surface area contributed by atoms with Crippen LogP contribution in [0, 0.1) is 23.0 Å². The number of nitriles is 1. The molecule has 1 aromatic heterocycles. The van der Waals surface area contributed by atoms with Crippen molar-refractivity contribution in [3.63, 3.8) is 0 Å². The Bertz CT molecular complexity index is 1120. The lowest BCUT2D eigenvalue weighted by atomic mass is 9.85. The van der Waals surface area contributed by atoms with Crippen LogP contribution in [-0.2, 0) is 12.1 Å². The summed E-state index contributed by atoms with van der Waals surface area (Å²) in [6.45, 7) is 3.32. The van der Waals surface area contributed by atoms with E-state index in [0.717, 1.165) is 43.8 Å². The van der Waals surface area contributed by atoms with E-state index in [4.69, 9.17) is 5.26 Å². The van der Waals surface area contributed by atoms with Crippen LogP contribution in [0.2, 0.25) is 0 Å². The molecule has 0 radical (unpaired) electrons. The predicted octanol–water partition coefficient (Wildman–Crippen LogP) is 2.96. The van der Waals surface area contributed by atoms with E-state index in [-0.39, 0.29) is 18.2 Å². The van der Waals surface area contributed by atoms with Gasteiger partial charge in [0.1, 0.15) is 29.9 Å². The van der Waals surface area contributed by atoms with Crippen molar-refractivity contribution in [2.75, 3.05) is 18.0 Å². The first-order valence-electron chi connectivity index (χ1n) is 10.9. The van der Waals surface area contributed by atoms with Crippen molar-refractivity contribution in [3.05, 3.63) is 77.9 Å². The van der Waals surface area contributed by atoms with Crippen molar-refractivity contribution in [2.45, 2.75) is 44.0 Å². The van der Waals surface area contributed by atoms with E-state index < -0.39 is 23.3 Å². The number of aliphatic hydroxyl groups is 1. The van der Waals surface area contributed by atoms with Gasteiger partial charge in [-0.05, 0) is 44.0 Å². The van der Waals surface area contributed by atoms with Gasteiger partial charge in [-0.3, -0.25) is 0 Å². The number of nitrogens with one attached hydrogen (secondary N) is 1. The van der Waals surface area contributed by atoms with Gasteiger partial charge in [0.15, 0.2) is 0 Å². The van der Waals surface area contributed by atoms with Crippen LogP contribution in [-0.4, -0.2) is 45.0 Å². The van der Waals surface area contributed by atoms with Gasteiger partial charge in [-0.25, -0.2) is 18.4 Å². The summed E-state index contributed by atoms with van der Waals surface area (Å²) in [5.41, 5.74) is -0.0355. The van der Waals surface area contributed by atoms with Crippen LogP contribution in [0.4, 0.5) is 14.5 Å². The number of anilines is 1. The Kier molecular flexibility index (Phi) is 6.67. The fourth-order valence-electron chi connectivity index (χ4n) is 4.43. The molecule has 2 atom stereocenters. The molecule has 0 bridgehead atoms. The number of hydrogen-bond donors (Lipinski definition) is 2. The fourth-order valence-corrected chi connectivity index (χ4v) is 4.43. The van der Waals surface area contributed by atoms with E-state index in [1.165, 1.54) is 23.4 Å². The predicted molar refractivity (Wildman–Crippen MR) is 119 cm³/mol. The topological polar surface area (TPSA) is 90.0 Å². The summed E-state index contributed by atoms with van der Waals surface area (Å²) in [4.78, 5) is 6.13. The third-order valence-electron chi connectivity index (χ3n) is 6.30. The first-order chi connectivity index (χ1) is 15.9. The average molecular weight is 453 g/mol. The average Bonchev–Trinajstić information content (AvgIpc) is 3.32. The normalized spacial score (nSPS) is 17.4. The third-order valence-corrected chi connectivity index (χ3v) is 6.30. The van der Waals surface area contributed by atoms with Gasteiger partial charge in [-0.1, -0.05) is 12.1 Å². The molecule has 0 aliphatic carbocycles. The quantitative estimate of drug-likeness (QED) is 0.573. The lowest BCUT2D eigenvalue weighted by Gasteiger charge is -2.40. The highest BCUT2D eigenvalue weighted by Crippen LogP contribution is 2.31. The monoisotopic (exact) mass is 452 g/mol. The second kappa shape index (κ2) is 9.65. The number of halogens is 2. The number of benzene rings is 2. The van der Waals surface area contributed by atoms with Crippen LogP contribution in [0.5, 0.6) is 0 Å². The minimum atomic E-state index is -1.68. The van der Waals surface area contributed by atoms with Crippen molar-refractivity contribution < 1.29 is 13.9 Å². The molecule has 1 aliphatic heterocycles. The van der Waals surface area contributed by atoms with E-state index in [1.807, 2.05) is 18.2 Å². The molecular formula is C24H26F2N6O. The highest BCUT2D eigenvalue weighted by atomic mass is 19.1. The summed E-state index contributed by atoms with van der Waals surface area (Å²) in [5.74, 6) is -1.51. The summed E-state index contributed by atoms with van der Waals surface area (Å²) in [5, 5.41) is 28.3. The van der Waals surface area contributed by atoms with Crippen LogP contribution < -0.4 is 10.2 Å². The molecular weight excluding hydrogens is 426 g/mol. The standard InChI is InChI=1S/C24H26F2N6O/c1-17(30-20-7-9-31(10-8-20)21-4-2-3-18(11-21)13-27)24(33,14-32-16-28-15-29-32)22-6-5-19(25)12-23(22)26/h2-6,11-12,15-17,20,30,33H,7-10,14H2,1H3/t17-,24-/m1/s1. The maximum absolute atomic E-state index is 14.7. The third kappa shape index (κ3) is 5.02. The van der Waals surface area contributed by atoms with E-state index in [9.17, 15) is 13.9 Å². The Morgan fingerprint density at radius 3 is 2.70 bits per heavy atom. The second-order valence-electron chi connectivity index (χ2n) is 8.45. The fraction of sp³-hybridized carbons (Fsp3) is 0.375. The molecule has 0 spiro atoms. The number of hydrogen-bond acceptors (Lipinski definition) is 6. The number of nitrogens with zero attached hydrogens (tertiary/aromatic N) is 5. The molecule has 0 unspecified atom stereocenters. The summed E-state index contributed by atoms with van der Waals surface area (Å²) >= 11 is 0. The molecule has 3 aromatic rings. The Hall–Kier alpha value is -3.35. The molecule has 0 saturated carbocycles. The van der Waals surface area contributed by atoms with Crippen molar-refractivity contribution in [1.82, 2.24) is 20.1 Å². The highest BCUT2D eigenvalue weighted by molar-refractivity contribution is 5.51. The van der Waals surface area contributed by atoms with Gasteiger partial charge in [0.05, 0.1) is 18.2 Å². The van der Waals surface area contributed by atoms with Gasteiger partial charge < -0.3 is 15.3 Å². The summed E-state index contributed by atoms with van der Waals surface area (Å²) in [6.07, 6.45) is 4.42. The van der Waals surface area contributed by atoms with Crippen LogP contribution >= 0.6 is 0 Å². The molecule has 2 heterocycles. The molecule has 1 saturated heterocycles. The lowest BCUT2D eigenvalue weighted by molar-refractivity contribution is -0.0242. The minimum absolute atomic E-state index is 0.00477. The molecule has 7 nitrogen and oxygen atoms in total. The molecule has 2 aromatic carbocycles. The molecule has 2 N–H and O–H groups in total. The van der Waals surface area contributed by atoms with Crippen molar-refractivity contribution in [2.24, 2.45) is 0 Å². The van der Waals surface area contributed by atoms with E-state index >= 15 is 0 Å². The van der Waals surface area contributed by atoms with Crippen LogP contribution in [0.25, 0.3) is 0 Å². The van der Waals surface area contributed by atoms with Gasteiger partial charge in [0.2, 0.25) is 0 Å². The van der Waals surface area contributed by atoms with E-state index in [1.54, 1.807) is 13.0 Å². The summed E-state index contributed by atoms with van der Waals surface area (Å²) in [7, 11) is 0. The van der Waals surface area contributed by atoms with E-state index in [0.29, 0.717) is 5.56 Å². The number of piperidine rings is 1. The number of rotatable bonds is 7. The molecule has 9 heteroatoms. The molecule has 1 fully saturated rings. The SMILES string of the molecule is C[C@@H](NC1CCN(c2cccc(C#N)c2)CC1)[C@](O)(Cn1cncn1)c1ccc(F)cc1F. The number of aromatic nitrogens is 3. The zero-order chi connectivity index (χ0) is 23.4. The smallest absolute Gasteiger partial charge is 0.137 e. The lowest BCUT2D eigenvalue weighted by Crippen LogP contribution is -2.55. The van der Waals surface area contributed by atoms with Crippen LogP contribution in [0.3, 0.4) is 0 Å². The maximum Gasteiger partial charge on any atom is 0.137 e. The zero-order valence-electron chi connectivity index (χ0n) is 18.3. The van der Waals surface area contributed by atoms with Gasteiger partial charge >= 0.3 is 0 Å². The van der Waals surface area contributed by atoms with E-state index in [2.05, 4.69) is 26.4 Å². The van der Waals surface area contributed by atoms with Crippen LogP contribution in [0.15, 0.2) is 55.1 Å². The largest absolute Gasteiger partial charge is 0.381 e. The Balaban J connectivity index is 1.48. The Morgan fingerprint density at radius 2 is 2.03 bits per heavy atom. The molecule has 4 rings (SSSR count). The van der Waals surface area contributed by atoms with Gasteiger partial charge in [0.25, 0.3) is 0 Å². The van der Waals surface area contributed by atoms with Crippen molar-refractivity contribution in [1.29, 1.82) is 5.26 Å². The molecule has 33 heavy (non-hydrogen) atoms. The van der Waals surface area contributed by atoms with Gasteiger partial charge in [0, 0.05) is 42.5 Å². The van der Waals surface area contributed by atoms with Crippen molar-refractivity contribution >= 4 is 5.69 Å². The minimum Gasteiger partial charge on any atom is -0.381 e. The van der Waals surface area contributed by atoms with Crippen molar-refractivity contribution in [3.8, 4) is 6.07 Å². The molecule has 0 amide bonds. The molecule has 172 valence electrons. The molecule has 1 aliphatic rings. The maximum atomic E-state index is 14.7. The Morgan fingerprint density at radius 1 is 1.24 bits per heavy atom. The zero-order valence-corrected chi connectivity index (χ0v) is 18.3. The summed E-state index contributed by atoms with van der Waals surface area (Å²) in [6, 6.07) is 12.4. The Labute approximate surface area is 191 Å².